The van der Waals surface area contributed by atoms with E-state index in [1.54, 1.807) is 23.9 Å². The molecular formula is C24H23N3O2S2. The second kappa shape index (κ2) is 10.4. The number of amides is 1. The molecule has 0 saturated heterocycles. The van der Waals surface area contributed by atoms with E-state index in [4.69, 9.17) is 4.74 Å². The van der Waals surface area contributed by atoms with Crippen molar-refractivity contribution in [2.24, 2.45) is 0 Å². The van der Waals surface area contributed by atoms with Gasteiger partial charge < -0.3 is 4.74 Å². The third-order valence-electron chi connectivity index (χ3n) is 4.74. The van der Waals surface area contributed by atoms with Crippen LogP contribution < -0.4 is 10.1 Å². The zero-order valence-corrected chi connectivity index (χ0v) is 18.8. The molecule has 1 N–H and O–H groups in total. The van der Waals surface area contributed by atoms with E-state index in [-0.39, 0.29) is 5.91 Å². The Kier molecular flexibility index (Phi) is 7.17. The van der Waals surface area contributed by atoms with Crippen LogP contribution in [-0.2, 0) is 5.75 Å². The number of ether oxygens (including phenoxy) is 1. The first-order valence-electron chi connectivity index (χ1n) is 10.2. The third-order valence-corrected chi connectivity index (χ3v) is 6.76. The molecule has 31 heavy (non-hydrogen) atoms. The molecule has 0 spiro atoms. The highest BCUT2D eigenvalue weighted by molar-refractivity contribution is 8.00. The number of unbranched alkanes of at least 4 members (excludes halogenated alkanes) is 1. The summed E-state index contributed by atoms with van der Waals surface area (Å²) in [6.45, 7) is 2.81. The van der Waals surface area contributed by atoms with Gasteiger partial charge in [-0.05, 0) is 47.0 Å². The number of nitrogens with one attached hydrogen (secondary N) is 1. The predicted octanol–water partition coefficient (Wildman–Crippen LogP) is 6.41. The van der Waals surface area contributed by atoms with Gasteiger partial charge in [0.15, 0.2) is 4.34 Å². The summed E-state index contributed by atoms with van der Waals surface area (Å²) in [4.78, 5) is 12.5. The maximum Gasteiger partial charge on any atom is 0.257 e. The molecule has 0 radical (unpaired) electrons. The van der Waals surface area contributed by atoms with Gasteiger partial charge in [0.1, 0.15) is 5.75 Å². The number of fused-ring (bicyclic) bond motifs is 1. The van der Waals surface area contributed by atoms with Crippen LogP contribution in [0, 0.1) is 0 Å². The van der Waals surface area contributed by atoms with Gasteiger partial charge in [0, 0.05) is 11.3 Å². The molecule has 5 nitrogen and oxygen atoms in total. The van der Waals surface area contributed by atoms with E-state index in [1.165, 1.54) is 27.7 Å². The van der Waals surface area contributed by atoms with Gasteiger partial charge in [0.05, 0.1) is 6.61 Å². The van der Waals surface area contributed by atoms with Crippen molar-refractivity contribution in [3.05, 3.63) is 77.9 Å². The highest BCUT2D eigenvalue weighted by Gasteiger charge is 2.11. The Labute approximate surface area is 189 Å². The molecule has 1 amide bonds. The van der Waals surface area contributed by atoms with Gasteiger partial charge >= 0.3 is 0 Å². The number of hydrogen-bond donors (Lipinski definition) is 1. The number of carbonyl (C=O) groups is 1. The first-order chi connectivity index (χ1) is 15.2. The van der Waals surface area contributed by atoms with Gasteiger partial charge in [-0.15, -0.1) is 10.2 Å². The van der Waals surface area contributed by atoms with Crippen molar-refractivity contribution in [1.29, 1.82) is 0 Å². The summed E-state index contributed by atoms with van der Waals surface area (Å²) in [6.07, 6.45) is 2.10. The lowest BCUT2D eigenvalue weighted by atomic mass is 10.1. The van der Waals surface area contributed by atoms with E-state index in [2.05, 4.69) is 58.8 Å². The highest BCUT2D eigenvalue weighted by atomic mass is 32.2. The van der Waals surface area contributed by atoms with Crippen molar-refractivity contribution in [1.82, 2.24) is 10.2 Å². The summed E-state index contributed by atoms with van der Waals surface area (Å²) in [5, 5.41) is 14.1. The van der Waals surface area contributed by atoms with Crippen molar-refractivity contribution in [2.45, 2.75) is 29.9 Å². The third kappa shape index (κ3) is 5.62. The van der Waals surface area contributed by atoms with Gasteiger partial charge in [-0.2, -0.15) is 0 Å². The molecule has 4 rings (SSSR count). The van der Waals surface area contributed by atoms with Gasteiger partial charge in [0.2, 0.25) is 5.13 Å². The molecule has 4 aromatic rings. The van der Waals surface area contributed by atoms with Gasteiger partial charge in [-0.3, -0.25) is 10.1 Å². The molecule has 1 heterocycles. The minimum absolute atomic E-state index is 0.207. The molecule has 0 saturated carbocycles. The first kappa shape index (κ1) is 21.3. The van der Waals surface area contributed by atoms with Crippen LogP contribution in [0.4, 0.5) is 5.13 Å². The quantitative estimate of drug-likeness (QED) is 0.182. The van der Waals surface area contributed by atoms with E-state index in [1.807, 2.05) is 18.2 Å². The van der Waals surface area contributed by atoms with Crippen molar-refractivity contribution in [3.8, 4) is 5.75 Å². The number of thioether (sulfide) groups is 1. The summed E-state index contributed by atoms with van der Waals surface area (Å²) in [5.41, 5.74) is 1.81. The Morgan fingerprint density at radius 3 is 2.68 bits per heavy atom. The van der Waals surface area contributed by atoms with E-state index < -0.39 is 0 Å². The Morgan fingerprint density at radius 2 is 1.84 bits per heavy atom. The molecule has 0 bridgehead atoms. The summed E-state index contributed by atoms with van der Waals surface area (Å²) in [5.74, 6) is 1.36. The summed E-state index contributed by atoms with van der Waals surface area (Å²) >= 11 is 3.00. The minimum Gasteiger partial charge on any atom is -0.494 e. The normalized spacial score (nSPS) is 10.9. The lowest BCUT2D eigenvalue weighted by Crippen LogP contribution is -2.11. The summed E-state index contributed by atoms with van der Waals surface area (Å²) in [6, 6.07) is 21.8. The average molecular weight is 450 g/mol. The van der Waals surface area contributed by atoms with E-state index in [0.717, 1.165) is 28.7 Å². The van der Waals surface area contributed by atoms with Crippen LogP contribution in [-0.4, -0.2) is 22.7 Å². The highest BCUT2D eigenvalue weighted by Crippen LogP contribution is 2.31. The van der Waals surface area contributed by atoms with Crippen LogP contribution in [0.5, 0.6) is 5.75 Å². The summed E-state index contributed by atoms with van der Waals surface area (Å²) < 4.78 is 6.46. The Bertz CT molecular complexity index is 1150. The fraction of sp³-hybridized carbons (Fsp3) is 0.208. The maximum absolute atomic E-state index is 12.5. The van der Waals surface area contributed by atoms with Gasteiger partial charge in [-0.1, -0.05) is 78.9 Å². The SMILES string of the molecule is CCCCOc1ccc(C(=O)Nc2nnc(SCc3cccc4ccccc34)s2)cc1. The standard InChI is InChI=1S/C24H23N3O2S2/c1-2-3-15-29-20-13-11-18(12-14-20)22(28)25-23-26-27-24(31-23)30-16-19-9-6-8-17-7-4-5-10-21(17)19/h4-14H,2-3,15-16H2,1H3,(H,25,26,28). The van der Waals surface area contributed by atoms with Crippen LogP contribution in [0.3, 0.4) is 0 Å². The number of carbonyl (C=O) groups excluding carboxylic acids is 1. The summed E-state index contributed by atoms with van der Waals surface area (Å²) in [7, 11) is 0. The number of benzene rings is 3. The Hall–Kier alpha value is -2.90. The van der Waals surface area contributed by atoms with Crippen LogP contribution >= 0.6 is 23.1 Å². The average Bonchev–Trinajstić information content (AvgIpc) is 3.25. The molecule has 0 aliphatic heterocycles. The second-order valence-corrected chi connectivity index (χ2v) is 9.18. The monoisotopic (exact) mass is 449 g/mol. The molecular weight excluding hydrogens is 426 g/mol. The topological polar surface area (TPSA) is 64.1 Å². The van der Waals surface area contributed by atoms with Crippen molar-refractivity contribution >= 4 is 44.9 Å². The van der Waals surface area contributed by atoms with Crippen LogP contribution in [0.15, 0.2) is 71.1 Å². The number of rotatable bonds is 9. The van der Waals surface area contributed by atoms with Crippen molar-refractivity contribution in [2.75, 3.05) is 11.9 Å². The van der Waals surface area contributed by atoms with Crippen LogP contribution in [0.2, 0.25) is 0 Å². The minimum atomic E-state index is -0.207. The Morgan fingerprint density at radius 1 is 1.03 bits per heavy atom. The second-order valence-electron chi connectivity index (χ2n) is 6.98. The van der Waals surface area contributed by atoms with E-state index in [0.29, 0.717) is 17.3 Å². The lowest BCUT2D eigenvalue weighted by molar-refractivity contribution is 0.102. The molecule has 0 aliphatic rings. The molecule has 0 aliphatic carbocycles. The largest absolute Gasteiger partial charge is 0.494 e. The maximum atomic E-state index is 12.5. The molecule has 158 valence electrons. The van der Waals surface area contributed by atoms with E-state index in [9.17, 15) is 4.79 Å². The molecule has 0 atom stereocenters. The van der Waals surface area contributed by atoms with Crippen molar-refractivity contribution < 1.29 is 9.53 Å². The lowest BCUT2D eigenvalue weighted by Gasteiger charge is -2.06. The van der Waals surface area contributed by atoms with Gasteiger partial charge in [-0.25, -0.2) is 0 Å². The fourth-order valence-electron chi connectivity index (χ4n) is 3.08. The zero-order valence-electron chi connectivity index (χ0n) is 17.2. The molecule has 0 fully saturated rings. The molecule has 7 heteroatoms. The number of hydrogen-bond acceptors (Lipinski definition) is 6. The van der Waals surface area contributed by atoms with Gasteiger partial charge in [0.25, 0.3) is 5.91 Å². The fourth-order valence-corrected chi connectivity index (χ4v) is 4.83. The Balaban J connectivity index is 1.34. The molecule has 3 aromatic carbocycles. The predicted molar refractivity (Wildman–Crippen MR) is 128 cm³/mol. The van der Waals surface area contributed by atoms with Crippen molar-refractivity contribution in [3.63, 3.8) is 0 Å². The van der Waals surface area contributed by atoms with Crippen LogP contribution in [0.25, 0.3) is 10.8 Å². The zero-order chi connectivity index (χ0) is 21.5. The smallest absolute Gasteiger partial charge is 0.257 e. The molecule has 1 aromatic heterocycles. The number of anilines is 1. The number of nitrogens with zero attached hydrogens (tertiary/aromatic N) is 2. The number of aromatic nitrogens is 2. The van der Waals surface area contributed by atoms with E-state index >= 15 is 0 Å². The molecule has 0 unspecified atom stereocenters. The first-order valence-corrected chi connectivity index (χ1v) is 12.0. The van der Waals surface area contributed by atoms with Crippen LogP contribution in [0.1, 0.15) is 35.7 Å².